The van der Waals surface area contributed by atoms with E-state index in [0.717, 1.165) is 16.5 Å². The Bertz CT molecular complexity index is 860. The molecule has 0 aliphatic carbocycles. The zero-order chi connectivity index (χ0) is 19.1. The van der Waals surface area contributed by atoms with Gasteiger partial charge in [-0.3, -0.25) is 0 Å². The maximum Gasteiger partial charge on any atom is 0.162 e. The van der Waals surface area contributed by atoms with Gasteiger partial charge in [-0.1, -0.05) is 52.1 Å². The fourth-order valence-corrected chi connectivity index (χ4v) is 3.24. The molecule has 26 heavy (non-hydrogen) atoms. The molecule has 0 amide bonds. The number of nitrogens with zero attached hydrogens (tertiary/aromatic N) is 1. The fraction of sp³-hybridized carbons (Fsp3) is 0.250. The maximum atomic E-state index is 9.59. The third-order valence-electron chi connectivity index (χ3n) is 3.47. The number of ether oxygens (including phenoxy) is 2. The molecule has 0 saturated heterocycles. The summed E-state index contributed by atoms with van der Waals surface area (Å²) in [7, 11) is 0. The molecule has 3 nitrogen and oxygen atoms in total. The molecule has 2 aromatic rings. The lowest BCUT2D eigenvalue weighted by atomic mass is 10.0. The molecule has 0 atom stereocenters. The molecule has 0 aliphatic rings. The number of hydrogen-bond acceptors (Lipinski definition) is 3. The van der Waals surface area contributed by atoms with Crippen LogP contribution in [0.4, 0.5) is 0 Å². The summed E-state index contributed by atoms with van der Waals surface area (Å²) in [4.78, 5) is 0. The number of nitriles is 1. The Balaban J connectivity index is 2.50. The Kier molecular flexibility index (Phi) is 7.84. The van der Waals surface area contributed by atoms with Gasteiger partial charge in [-0.15, -0.1) is 0 Å². The van der Waals surface area contributed by atoms with E-state index in [1.807, 2.05) is 26.0 Å². The Morgan fingerprint density at radius 3 is 2.50 bits per heavy atom. The van der Waals surface area contributed by atoms with Crippen molar-refractivity contribution in [1.29, 1.82) is 5.26 Å². The molecule has 0 heterocycles. The maximum absolute atomic E-state index is 9.59. The van der Waals surface area contributed by atoms with Crippen molar-refractivity contribution >= 4 is 50.8 Å². The predicted molar refractivity (Wildman–Crippen MR) is 111 cm³/mol. The largest absolute Gasteiger partial charge is 0.490 e. The topological polar surface area (TPSA) is 42.2 Å². The molecular formula is C20H18BrCl2NO2. The highest BCUT2D eigenvalue weighted by Gasteiger charge is 2.12. The van der Waals surface area contributed by atoms with E-state index in [2.05, 4.69) is 22.0 Å². The third-order valence-corrected chi connectivity index (χ3v) is 4.70. The first-order valence-corrected chi connectivity index (χ1v) is 9.71. The molecule has 0 bridgehead atoms. The normalized spacial score (nSPS) is 11.2. The van der Waals surface area contributed by atoms with Crippen molar-refractivity contribution in [3.63, 3.8) is 0 Å². The first-order valence-electron chi connectivity index (χ1n) is 8.16. The standard InChI is InChI=1S/C20H18BrCl2NO2/c1-3-7-26-20-11-17(21)13(9-19(20)25-4-2)8-14(12-24)16-6-5-15(22)10-18(16)23/h5-6,8-11H,3-4,7H2,1-2H3/b14-8+. The van der Waals surface area contributed by atoms with E-state index >= 15 is 0 Å². The van der Waals surface area contributed by atoms with Crippen LogP contribution in [0.1, 0.15) is 31.4 Å². The average Bonchev–Trinajstić information content (AvgIpc) is 2.61. The minimum Gasteiger partial charge on any atom is -0.490 e. The van der Waals surface area contributed by atoms with E-state index in [9.17, 15) is 5.26 Å². The fourth-order valence-electron chi connectivity index (χ4n) is 2.29. The number of benzene rings is 2. The molecule has 0 radical (unpaired) electrons. The average molecular weight is 455 g/mol. The Morgan fingerprint density at radius 2 is 1.88 bits per heavy atom. The molecule has 2 aromatic carbocycles. The van der Waals surface area contributed by atoms with E-state index in [1.54, 1.807) is 24.3 Å². The van der Waals surface area contributed by atoms with Crippen molar-refractivity contribution in [3.05, 3.63) is 56.0 Å². The second-order valence-electron chi connectivity index (χ2n) is 5.40. The van der Waals surface area contributed by atoms with Gasteiger partial charge < -0.3 is 9.47 Å². The number of allylic oxidation sites excluding steroid dienone is 1. The second kappa shape index (κ2) is 9.87. The lowest BCUT2D eigenvalue weighted by molar-refractivity contribution is 0.276. The van der Waals surface area contributed by atoms with Crippen molar-refractivity contribution in [2.24, 2.45) is 0 Å². The minimum absolute atomic E-state index is 0.425. The summed E-state index contributed by atoms with van der Waals surface area (Å²) in [6, 6.07) is 10.9. The van der Waals surface area contributed by atoms with Gasteiger partial charge in [0.05, 0.1) is 29.9 Å². The lowest BCUT2D eigenvalue weighted by Crippen LogP contribution is -2.00. The van der Waals surface area contributed by atoms with E-state index < -0.39 is 0 Å². The van der Waals surface area contributed by atoms with Crippen LogP contribution in [0.5, 0.6) is 11.5 Å². The molecule has 6 heteroatoms. The van der Waals surface area contributed by atoms with Gasteiger partial charge in [0.1, 0.15) is 0 Å². The molecule has 2 rings (SSSR count). The van der Waals surface area contributed by atoms with Crippen molar-refractivity contribution in [2.75, 3.05) is 13.2 Å². The van der Waals surface area contributed by atoms with Crippen molar-refractivity contribution in [2.45, 2.75) is 20.3 Å². The molecule has 0 spiro atoms. The molecule has 136 valence electrons. The first-order chi connectivity index (χ1) is 12.5. The zero-order valence-electron chi connectivity index (χ0n) is 14.5. The highest BCUT2D eigenvalue weighted by Crippen LogP contribution is 2.36. The Hall–Kier alpha value is -1.67. The Labute approximate surface area is 172 Å². The molecule has 0 aliphatic heterocycles. The van der Waals surface area contributed by atoms with Gasteiger partial charge in [-0.2, -0.15) is 5.26 Å². The monoisotopic (exact) mass is 453 g/mol. The SMILES string of the molecule is CCCOc1cc(Br)c(/C=C(\C#N)c2ccc(Cl)cc2Cl)cc1OCC. The Morgan fingerprint density at radius 1 is 1.15 bits per heavy atom. The third kappa shape index (κ3) is 5.17. The summed E-state index contributed by atoms with van der Waals surface area (Å²) in [6.45, 7) is 5.07. The highest BCUT2D eigenvalue weighted by molar-refractivity contribution is 9.10. The first kappa shape index (κ1) is 20.6. The minimum atomic E-state index is 0.425. The van der Waals surface area contributed by atoms with Crippen LogP contribution in [0.2, 0.25) is 10.0 Å². The molecule has 0 N–H and O–H groups in total. The summed E-state index contributed by atoms with van der Waals surface area (Å²) < 4.78 is 12.2. The van der Waals surface area contributed by atoms with E-state index in [1.165, 1.54) is 0 Å². The number of hydrogen-bond donors (Lipinski definition) is 0. The summed E-state index contributed by atoms with van der Waals surface area (Å²) >= 11 is 15.7. The van der Waals surface area contributed by atoms with Gasteiger partial charge in [0, 0.05) is 15.1 Å². The van der Waals surface area contributed by atoms with Crippen molar-refractivity contribution < 1.29 is 9.47 Å². The van der Waals surface area contributed by atoms with Gasteiger partial charge in [-0.25, -0.2) is 0 Å². The molecular weight excluding hydrogens is 437 g/mol. The lowest BCUT2D eigenvalue weighted by Gasteiger charge is -2.14. The molecule has 0 fully saturated rings. The van der Waals surface area contributed by atoms with Crippen LogP contribution in [-0.4, -0.2) is 13.2 Å². The van der Waals surface area contributed by atoms with Crippen LogP contribution in [-0.2, 0) is 0 Å². The van der Waals surface area contributed by atoms with Gasteiger partial charge >= 0.3 is 0 Å². The van der Waals surface area contributed by atoms with Crippen LogP contribution in [0.25, 0.3) is 11.6 Å². The summed E-state index contributed by atoms with van der Waals surface area (Å²) in [5.74, 6) is 1.30. The van der Waals surface area contributed by atoms with E-state index in [0.29, 0.717) is 45.9 Å². The quantitative estimate of drug-likeness (QED) is 0.333. The van der Waals surface area contributed by atoms with Gasteiger partial charge in [0.2, 0.25) is 0 Å². The van der Waals surface area contributed by atoms with Crippen LogP contribution >= 0.6 is 39.1 Å². The summed E-state index contributed by atoms with van der Waals surface area (Å²) in [6.07, 6.45) is 2.66. The highest BCUT2D eigenvalue weighted by atomic mass is 79.9. The van der Waals surface area contributed by atoms with Crippen molar-refractivity contribution in [1.82, 2.24) is 0 Å². The van der Waals surface area contributed by atoms with Crippen LogP contribution < -0.4 is 9.47 Å². The zero-order valence-corrected chi connectivity index (χ0v) is 17.6. The van der Waals surface area contributed by atoms with E-state index in [-0.39, 0.29) is 0 Å². The van der Waals surface area contributed by atoms with Crippen LogP contribution in [0.3, 0.4) is 0 Å². The predicted octanol–water partition coefficient (Wildman–Crippen LogP) is 7.01. The second-order valence-corrected chi connectivity index (χ2v) is 7.09. The van der Waals surface area contributed by atoms with Crippen LogP contribution in [0, 0.1) is 11.3 Å². The van der Waals surface area contributed by atoms with E-state index in [4.69, 9.17) is 32.7 Å². The van der Waals surface area contributed by atoms with Gasteiger partial charge in [0.25, 0.3) is 0 Å². The van der Waals surface area contributed by atoms with Crippen molar-refractivity contribution in [3.8, 4) is 17.6 Å². The number of halogens is 3. The molecule has 0 aromatic heterocycles. The summed E-state index contributed by atoms with van der Waals surface area (Å²) in [5, 5.41) is 10.5. The molecule has 0 saturated carbocycles. The summed E-state index contributed by atoms with van der Waals surface area (Å²) in [5.41, 5.74) is 1.84. The smallest absolute Gasteiger partial charge is 0.162 e. The van der Waals surface area contributed by atoms with Gasteiger partial charge in [0.15, 0.2) is 11.5 Å². The molecule has 0 unspecified atom stereocenters. The van der Waals surface area contributed by atoms with Crippen LogP contribution in [0.15, 0.2) is 34.8 Å². The number of rotatable bonds is 7. The van der Waals surface area contributed by atoms with Gasteiger partial charge in [-0.05, 0) is 49.2 Å².